The smallest absolute Gasteiger partial charge is 0.349 e. The van der Waals surface area contributed by atoms with E-state index in [1.807, 2.05) is 0 Å². The molecule has 0 aliphatic carbocycles. The number of carbonyl (C=O) groups is 1. The predicted molar refractivity (Wildman–Crippen MR) is 68.4 cm³/mol. The summed E-state index contributed by atoms with van der Waals surface area (Å²) in [6.07, 6.45) is 1.74. The number of methoxy groups -OCH3 is 1. The third kappa shape index (κ3) is 2.17. The number of hydrogen-bond donors (Lipinski definition) is 0. The Morgan fingerprint density at radius 1 is 1.39 bits per heavy atom. The predicted octanol–water partition coefficient (Wildman–Crippen LogP) is 1.63. The molecule has 0 atom stereocenters. The number of sulfonamides is 1. The molecular formula is C11H15NO4S2. The molecule has 0 aromatic carbocycles. The van der Waals surface area contributed by atoms with Gasteiger partial charge >= 0.3 is 5.97 Å². The van der Waals surface area contributed by atoms with E-state index in [4.69, 9.17) is 0 Å². The zero-order valence-electron chi connectivity index (χ0n) is 10.3. The highest BCUT2D eigenvalue weighted by Crippen LogP contribution is 2.31. The minimum atomic E-state index is -3.57. The fourth-order valence-corrected chi connectivity index (χ4v) is 5.22. The Morgan fingerprint density at radius 2 is 2.00 bits per heavy atom. The third-order valence-electron chi connectivity index (χ3n) is 2.95. The average molecular weight is 289 g/mol. The molecular weight excluding hydrogens is 274 g/mol. The van der Waals surface area contributed by atoms with Crippen LogP contribution >= 0.6 is 11.3 Å². The van der Waals surface area contributed by atoms with Crippen LogP contribution < -0.4 is 0 Å². The van der Waals surface area contributed by atoms with E-state index in [0.29, 0.717) is 18.7 Å². The van der Waals surface area contributed by atoms with Crippen LogP contribution in [0.2, 0.25) is 0 Å². The lowest BCUT2D eigenvalue weighted by Crippen LogP contribution is -2.29. The van der Waals surface area contributed by atoms with Crippen molar-refractivity contribution in [2.24, 2.45) is 0 Å². The van der Waals surface area contributed by atoms with E-state index >= 15 is 0 Å². The van der Waals surface area contributed by atoms with Gasteiger partial charge in [0.15, 0.2) is 0 Å². The summed E-state index contributed by atoms with van der Waals surface area (Å²) in [5.74, 6) is -0.592. The van der Waals surface area contributed by atoms with Crippen LogP contribution in [0.25, 0.3) is 0 Å². The van der Waals surface area contributed by atoms with E-state index in [1.165, 1.54) is 11.4 Å². The van der Waals surface area contributed by atoms with Crippen molar-refractivity contribution in [1.29, 1.82) is 0 Å². The minimum Gasteiger partial charge on any atom is -0.465 e. The first-order valence-electron chi connectivity index (χ1n) is 5.65. The van der Waals surface area contributed by atoms with Crippen molar-refractivity contribution in [2.75, 3.05) is 20.2 Å². The number of aryl methyl sites for hydroxylation is 1. The van der Waals surface area contributed by atoms with E-state index in [0.717, 1.165) is 24.2 Å². The molecule has 7 heteroatoms. The SMILES string of the molecule is COC(=O)c1scc(C)c1S(=O)(=O)N1CCCC1. The lowest BCUT2D eigenvalue weighted by molar-refractivity contribution is 0.0602. The summed E-state index contributed by atoms with van der Waals surface area (Å²) in [4.78, 5) is 11.9. The van der Waals surface area contributed by atoms with Crippen LogP contribution in [0.4, 0.5) is 0 Å². The molecule has 0 radical (unpaired) electrons. The van der Waals surface area contributed by atoms with Gasteiger partial charge in [-0.15, -0.1) is 11.3 Å². The number of thiophene rings is 1. The maximum absolute atomic E-state index is 12.5. The fourth-order valence-electron chi connectivity index (χ4n) is 2.05. The monoisotopic (exact) mass is 289 g/mol. The molecule has 1 aliphatic rings. The molecule has 0 saturated carbocycles. The number of hydrogen-bond acceptors (Lipinski definition) is 5. The molecule has 0 N–H and O–H groups in total. The van der Waals surface area contributed by atoms with Crippen molar-refractivity contribution < 1.29 is 17.9 Å². The van der Waals surface area contributed by atoms with Crippen LogP contribution in [0.3, 0.4) is 0 Å². The van der Waals surface area contributed by atoms with Crippen LogP contribution in [-0.2, 0) is 14.8 Å². The van der Waals surface area contributed by atoms with Gasteiger partial charge in [0.2, 0.25) is 10.0 Å². The number of nitrogens with zero attached hydrogens (tertiary/aromatic N) is 1. The average Bonchev–Trinajstić information content (AvgIpc) is 2.96. The van der Waals surface area contributed by atoms with Crippen LogP contribution in [0.5, 0.6) is 0 Å². The summed E-state index contributed by atoms with van der Waals surface area (Å²) < 4.78 is 31.0. The van der Waals surface area contributed by atoms with Crippen LogP contribution in [-0.4, -0.2) is 38.9 Å². The molecule has 18 heavy (non-hydrogen) atoms. The zero-order chi connectivity index (χ0) is 13.3. The van der Waals surface area contributed by atoms with Crippen molar-refractivity contribution in [3.05, 3.63) is 15.8 Å². The summed E-state index contributed by atoms with van der Waals surface area (Å²) in [6.45, 7) is 2.75. The molecule has 1 aromatic heterocycles. The zero-order valence-corrected chi connectivity index (χ0v) is 11.9. The first kappa shape index (κ1) is 13.5. The van der Waals surface area contributed by atoms with Gasteiger partial charge in [-0.2, -0.15) is 4.31 Å². The van der Waals surface area contributed by atoms with Crippen molar-refractivity contribution in [1.82, 2.24) is 4.31 Å². The fraction of sp³-hybridized carbons (Fsp3) is 0.545. The van der Waals surface area contributed by atoms with E-state index in [1.54, 1.807) is 12.3 Å². The second-order valence-electron chi connectivity index (χ2n) is 4.18. The molecule has 0 amide bonds. The lowest BCUT2D eigenvalue weighted by Gasteiger charge is -2.16. The highest BCUT2D eigenvalue weighted by Gasteiger charge is 2.33. The third-order valence-corrected chi connectivity index (χ3v) is 6.25. The Hall–Kier alpha value is -0.920. The Balaban J connectivity index is 2.49. The van der Waals surface area contributed by atoms with Crippen LogP contribution in [0.15, 0.2) is 10.3 Å². The number of ether oxygens (including phenoxy) is 1. The van der Waals surface area contributed by atoms with E-state index < -0.39 is 16.0 Å². The molecule has 0 spiro atoms. The van der Waals surface area contributed by atoms with Gasteiger partial charge in [0.25, 0.3) is 0 Å². The molecule has 2 heterocycles. The summed E-state index contributed by atoms with van der Waals surface area (Å²) in [7, 11) is -2.32. The molecule has 0 bridgehead atoms. The summed E-state index contributed by atoms with van der Waals surface area (Å²) >= 11 is 1.11. The molecule has 1 aromatic rings. The second kappa shape index (κ2) is 4.99. The van der Waals surface area contributed by atoms with Gasteiger partial charge in [-0.05, 0) is 30.7 Å². The standard InChI is InChI=1S/C11H15NO4S2/c1-8-7-17-9(11(13)16-2)10(8)18(14,15)12-5-3-4-6-12/h7H,3-6H2,1-2H3. The van der Waals surface area contributed by atoms with Gasteiger partial charge < -0.3 is 4.74 Å². The van der Waals surface area contributed by atoms with Crippen LogP contribution in [0.1, 0.15) is 28.1 Å². The highest BCUT2D eigenvalue weighted by molar-refractivity contribution is 7.89. The quantitative estimate of drug-likeness (QED) is 0.793. The lowest BCUT2D eigenvalue weighted by atomic mass is 10.3. The maximum atomic E-state index is 12.5. The van der Waals surface area contributed by atoms with Crippen LogP contribution in [0, 0.1) is 6.92 Å². The molecule has 100 valence electrons. The van der Waals surface area contributed by atoms with Crippen molar-refractivity contribution in [3.63, 3.8) is 0 Å². The summed E-state index contributed by atoms with van der Waals surface area (Å²) in [5, 5.41) is 1.68. The first-order valence-corrected chi connectivity index (χ1v) is 7.97. The Morgan fingerprint density at radius 3 is 2.56 bits per heavy atom. The highest BCUT2D eigenvalue weighted by atomic mass is 32.2. The first-order chi connectivity index (χ1) is 8.48. The molecule has 2 rings (SSSR count). The number of esters is 1. The van der Waals surface area contributed by atoms with Gasteiger partial charge in [-0.1, -0.05) is 0 Å². The van der Waals surface area contributed by atoms with E-state index in [9.17, 15) is 13.2 Å². The summed E-state index contributed by atoms with van der Waals surface area (Å²) in [5.41, 5.74) is 0.604. The normalized spacial score (nSPS) is 17.0. The Bertz CT molecular complexity index is 556. The number of carbonyl (C=O) groups excluding carboxylic acids is 1. The van der Waals surface area contributed by atoms with Gasteiger partial charge in [-0.3, -0.25) is 0 Å². The van der Waals surface area contributed by atoms with Crippen molar-refractivity contribution in [3.8, 4) is 0 Å². The van der Waals surface area contributed by atoms with Gasteiger partial charge in [0.1, 0.15) is 9.77 Å². The van der Waals surface area contributed by atoms with E-state index in [2.05, 4.69) is 4.74 Å². The van der Waals surface area contributed by atoms with E-state index in [-0.39, 0.29) is 9.77 Å². The Labute approximate surface area is 110 Å². The van der Waals surface area contributed by atoms with Gasteiger partial charge in [0, 0.05) is 13.1 Å². The minimum absolute atomic E-state index is 0.112. The molecule has 5 nitrogen and oxygen atoms in total. The molecule has 0 unspecified atom stereocenters. The number of rotatable bonds is 3. The topological polar surface area (TPSA) is 63.7 Å². The van der Waals surface area contributed by atoms with Crippen molar-refractivity contribution >= 4 is 27.3 Å². The van der Waals surface area contributed by atoms with Crippen molar-refractivity contribution in [2.45, 2.75) is 24.7 Å². The molecule has 1 fully saturated rings. The van der Waals surface area contributed by atoms with Gasteiger partial charge in [-0.25, -0.2) is 13.2 Å². The molecule has 1 aliphatic heterocycles. The van der Waals surface area contributed by atoms with Gasteiger partial charge in [0.05, 0.1) is 7.11 Å². The maximum Gasteiger partial charge on any atom is 0.349 e. The molecule has 1 saturated heterocycles. The second-order valence-corrected chi connectivity index (χ2v) is 6.93. The Kier molecular flexibility index (Phi) is 3.74. The largest absolute Gasteiger partial charge is 0.465 e. The summed E-state index contributed by atoms with van der Waals surface area (Å²) in [6, 6.07) is 0.